The van der Waals surface area contributed by atoms with Gasteiger partial charge < -0.3 is 24.8 Å². The van der Waals surface area contributed by atoms with Gasteiger partial charge in [-0.05, 0) is 13.5 Å². The van der Waals surface area contributed by atoms with Gasteiger partial charge in [0.25, 0.3) is 0 Å². The minimum absolute atomic E-state index is 0.0443. The first kappa shape index (κ1) is 26.6. The van der Waals surface area contributed by atoms with Crippen molar-refractivity contribution in [3.05, 3.63) is 0 Å². The van der Waals surface area contributed by atoms with Gasteiger partial charge in [-0.15, -0.1) is 0 Å². The maximum absolute atomic E-state index is 11.5. The van der Waals surface area contributed by atoms with Crippen LogP contribution < -0.4 is 10.6 Å². The third-order valence-electron chi connectivity index (χ3n) is 3.01. The van der Waals surface area contributed by atoms with Gasteiger partial charge in [-0.1, -0.05) is 54.2 Å². The van der Waals surface area contributed by atoms with E-state index in [1.165, 1.54) is 0 Å². The zero-order valence-electron chi connectivity index (χ0n) is 17.2. The van der Waals surface area contributed by atoms with Crippen molar-refractivity contribution in [2.24, 2.45) is 5.92 Å². The van der Waals surface area contributed by atoms with Crippen LogP contribution in [0.5, 0.6) is 0 Å². The lowest BCUT2D eigenvalue weighted by Crippen LogP contribution is -2.25. The van der Waals surface area contributed by atoms with Gasteiger partial charge >= 0.3 is 0 Å². The van der Waals surface area contributed by atoms with E-state index in [-0.39, 0.29) is 11.3 Å². The van der Waals surface area contributed by atoms with Gasteiger partial charge in [-0.3, -0.25) is 4.79 Å². The monoisotopic (exact) mass is 420 g/mol. The molecule has 0 aromatic rings. The fourth-order valence-electron chi connectivity index (χ4n) is 1.71. The van der Waals surface area contributed by atoms with Crippen LogP contribution in [0.3, 0.4) is 0 Å². The maximum Gasteiger partial charge on any atom is 0.223 e. The molecule has 0 aromatic heterocycles. The molecule has 1 amide bonds. The van der Waals surface area contributed by atoms with Crippen molar-refractivity contribution in [1.29, 1.82) is 0 Å². The number of carbonyl (C=O) groups is 1. The molecule has 0 rings (SSSR count). The van der Waals surface area contributed by atoms with E-state index in [0.717, 1.165) is 18.8 Å². The highest BCUT2D eigenvalue weighted by atomic mass is 33.1. The molecule has 8 heteroatoms. The summed E-state index contributed by atoms with van der Waals surface area (Å²) in [7, 11) is 3.56. The molecule has 0 aliphatic heterocycles. The van der Waals surface area contributed by atoms with E-state index < -0.39 is 0 Å². The number of hydrogen-bond acceptors (Lipinski definition) is 7. The van der Waals surface area contributed by atoms with Gasteiger partial charge in [0.2, 0.25) is 5.91 Å². The van der Waals surface area contributed by atoms with Crippen LogP contribution in [-0.4, -0.2) is 69.8 Å². The number of ether oxygens (including phenoxy) is 3. The van der Waals surface area contributed by atoms with Crippen LogP contribution >= 0.6 is 21.6 Å². The van der Waals surface area contributed by atoms with Crippen LogP contribution in [0.4, 0.5) is 0 Å². The second-order valence-electron chi connectivity index (χ2n) is 5.94. The number of nitrogens with one attached hydrogen (secondary N) is 2. The van der Waals surface area contributed by atoms with Crippen molar-refractivity contribution < 1.29 is 19.0 Å². The first-order valence-corrected chi connectivity index (χ1v) is 12.0. The molecule has 158 valence electrons. The Hall–Kier alpha value is -0.430. The Labute approximate surface area is 173 Å². The van der Waals surface area contributed by atoms with Gasteiger partial charge in [0.1, 0.15) is 5.44 Å². The van der Waals surface area contributed by atoms with E-state index in [9.17, 15) is 4.79 Å². The lowest BCUT2D eigenvalue weighted by atomic mass is 10.2. The number of amides is 1. The maximum atomic E-state index is 11.5. The van der Waals surface area contributed by atoms with Crippen LogP contribution in [0.25, 0.3) is 0 Å². The van der Waals surface area contributed by atoms with Crippen LogP contribution in [0, 0.1) is 17.8 Å². The van der Waals surface area contributed by atoms with E-state index in [1.807, 2.05) is 31.6 Å². The highest BCUT2D eigenvalue weighted by molar-refractivity contribution is 8.76. The Morgan fingerprint density at radius 2 is 1.78 bits per heavy atom. The van der Waals surface area contributed by atoms with E-state index in [2.05, 4.69) is 29.4 Å². The summed E-state index contributed by atoms with van der Waals surface area (Å²) in [5.41, 5.74) is 0.153. The van der Waals surface area contributed by atoms with Crippen molar-refractivity contribution in [2.75, 3.05) is 58.4 Å². The molecular weight excluding hydrogens is 384 g/mol. The van der Waals surface area contributed by atoms with Gasteiger partial charge in [-0.25, -0.2) is 0 Å². The Kier molecular flexibility index (Phi) is 20.0. The lowest BCUT2D eigenvalue weighted by Gasteiger charge is -2.12. The van der Waals surface area contributed by atoms with E-state index >= 15 is 0 Å². The third-order valence-corrected chi connectivity index (χ3v) is 5.64. The summed E-state index contributed by atoms with van der Waals surface area (Å²) in [6.07, 6.45) is 0.340. The molecule has 2 N–H and O–H groups in total. The average molecular weight is 421 g/mol. The minimum Gasteiger partial charge on any atom is -0.379 e. The van der Waals surface area contributed by atoms with Crippen molar-refractivity contribution >= 4 is 27.5 Å². The summed E-state index contributed by atoms with van der Waals surface area (Å²) in [5, 5.41) is 6.03. The zero-order valence-corrected chi connectivity index (χ0v) is 18.8. The topological polar surface area (TPSA) is 68.8 Å². The number of carbonyl (C=O) groups excluding carboxylic acids is 1. The molecule has 0 aliphatic rings. The first-order valence-electron chi connectivity index (χ1n) is 9.57. The van der Waals surface area contributed by atoms with E-state index in [4.69, 9.17) is 14.2 Å². The molecular formula is C19H36N2O4S2. The lowest BCUT2D eigenvalue weighted by molar-refractivity contribution is -0.122. The quantitative estimate of drug-likeness (QED) is 0.162. The Morgan fingerprint density at radius 3 is 2.48 bits per heavy atom. The predicted molar refractivity (Wildman–Crippen MR) is 116 cm³/mol. The molecule has 0 aromatic carbocycles. The number of rotatable bonds is 17. The van der Waals surface area contributed by atoms with Crippen molar-refractivity contribution in [3.63, 3.8) is 0 Å². The standard InChI is InChI=1S/C19H36N2O4S2/c1-5-20-10-16-26-27-18(4)25-15-14-24-13-12-23-11-8-19(22)21-9-6-7-17(2)3/h17-18,20H,5,8-16H2,1-4H3,(H,21,22). The Bertz CT molecular complexity index is 414. The molecule has 0 heterocycles. The molecule has 1 unspecified atom stereocenters. The summed E-state index contributed by atoms with van der Waals surface area (Å²) in [4.78, 5) is 11.5. The summed E-state index contributed by atoms with van der Waals surface area (Å²) >= 11 is 0. The summed E-state index contributed by atoms with van der Waals surface area (Å²) in [6, 6.07) is 0. The Morgan fingerprint density at radius 1 is 1.07 bits per heavy atom. The van der Waals surface area contributed by atoms with Crippen LogP contribution in [0.2, 0.25) is 0 Å². The van der Waals surface area contributed by atoms with Crippen LogP contribution in [0.1, 0.15) is 34.1 Å². The van der Waals surface area contributed by atoms with Gasteiger partial charge in [0.05, 0.1) is 39.6 Å². The smallest absolute Gasteiger partial charge is 0.223 e. The summed E-state index contributed by atoms with van der Waals surface area (Å²) in [5.74, 6) is 7.26. The van der Waals surface area contributed by atoms with Crippen LogP contribution in [0.15, 0.2) is 0 Å². The summed E-state index contributed by atoms with van der Waals surface area (Å²) < 4.78 is 16.5. The van der Waals surface area contributed by atoms with E-state index in [0.29, 0.717) is 51.9 Å². The normalized spacial score (nSPS) is 11.9. The minimum atomic E-state index is -0.0443. The molecule has 0 fully saturated rings. The molecule has 1 atom stereocenters. The largest absolute Gasteiger partial charge is 0.379 e. The molecule has 27 heavy (non-hydrogen) atoms. The fourth-order valence-corrected chi connectivity index (χ4v) is 3.66. The van der Waals surface area contributed by atoms with Crippen LogP contribution in [-0.2, 0) is 19.0 Å². The zero-order chi connectivity index (χ0) is 20.2. The van der Waals surface area contributed by atoms with Gasteiger partial charge in [0.15, 0.2) is 0 Å². The second-order valence-corrected chi connectivity index (χ2v) is 8.72. The number of hydrogen-bond donors (Lipinski definition) is 2. The van der Waals surface area contributed by atoms with Crippen molar-refractivity contribution in [2.45, 2.75) is 39.6 Å². The predicted octanol–water partition coefficient (Wildman–Crippen LogP) is 2.54. The third kappa shape index (κ3) is 21.7. The molecule has 0 spiro atoms. The summed E-state index contributed by atoms with van der Waals surface area (Å²) in [6.45, 7) is 13.1. The molecule has 6 nitrogen and oxygen atoms in total. The molecule has 0 saturated heterocycles. The highest BCUT2D eigenvalue weighted by Gasteiger charge is 2.03. The van der Waals surface area contributed by atoms with Gasteiger partial charge in [-0.2, -0.15) is 0 Å². The van der Waals surface area contributed by atoms with Gasteiger partial charge in [0, 0.05) is 24.6 Å². The van der Waals surface area contributed by atoms with Crippen molar-refractivity contribution in [1.82, 2.24) is 10.6 Å². The SMILES string of the molecule is CCNCCSSC(C)OCCOCCOCCC(=O)NCC#CC(C)C. The first-order chi connectivity index (χ1) is 13.1. The molecule has 0 saturated carbocycles. The second kappa shape index (κ2) is 20.3. The Balaban J connectivity index is 3.30. The molecule has 0 bridgehead atoms. The fraction of sp³-hybridized carbons (Fsp3) is 0.842. The average Bonchev–Trinajstić information content (AvgIpc) is 2.63. The van der Waals surface area contributed by atoms with Crippen molar-refractivity contribution in [3.8, 4) is 11.8 Å². The molecule has 0 aliphatic carbocycles. The van der Waals surface area contributed by atoms with E-state index in [1.54, 1.807) is 10.8 Å². The molecule has 0 radical (unpaired) electrons. The highest BCUT2D eigenvalue weighted by Crippen LogP contribution is 2.26.